The average molecular weight is 364 g/mol. The fraction of sp³-hybridized carbons (Fsp3) is 0.115. The molecule has 0 fully saturated rings. The Morgan fingerprint density at radius 1 is 0.714 bits per heavy atom. The molecule has 0 aliphatic carbocycles. The molecule has 0 saturated carbocycles. The molecule has 2 aromatic heterocycles. The molecular weight excluding hydrogens is 342 g/mol. The molecule has 0 amide bonds. The van der Waals surface area contributed by atoms with Gasteiger partial charge in [-0.3, -0.25) is 0 Å². The van der Waals surface area contributed by atoms with E-state index in [1.165, 1.54) is 27.6 Å². The summed E-state index contributed by atoms with van der Waals surface area (Å²) < 4.78 is 8.49. The van der Waals surface area contributed by atoms with Crippen molar-refractivity contribution in [3.05, 3.63) is 90.1 Å². The number of pyridine rings is 1. The second kappa shape index (κ2) is 6.35. The topological polar surface area (TPSA) is 17.0 Å². The molecule has 0 spiro atoms. The maximum Gasteiger partial charge on any atom is 0.216 e. The smallest absolute Gasteiger partial charge is 0.216 e. The molecule has 0 saturated heterocycles. The summed E-state index contributed by atoms with van der Waals surface area (Å²) in [6, 6.07) is 25.7. The third kappa shape index (κ3) is 2.61. The van der Waals surface area contributed by atoms with E-state index in [4.69, 9.17) is 4.42 Å². The van der Waals surface area contributed by atoms with E-state index in [-0.39, 0.29) is 0 Å². The van der Waals surface area contributed by atoms with Crippen LogP contribution in [0.3, 0.4) is 0 Å². The lowest BCUT2D eigenvalue weighted by Gasteiger charge is -2.07. The van der Waals surface area contributed by atoms with Gasteiger partial charge in [-0.15, -0.1) is 0 Å². The zero-order valence-corrected chi connectivity index (χ0v) is 16.4. The molecule has 0 N–H and O–H groups in total. The number of benzene rings is 3. The highest BCUT2D eigenvalue weighted by atomic mass is 16.3. The fourth-order valence-electron chi connectivity index (χ4n) is 3.99. The third-order valence-corrected chi connectivity index (χ3v) is 5.53. The van der Waals surface area contributed by atoms with Crippen LogP contribution >= 0.6 is 0 Å². The van der Waals surface area contributed by atoms with Gasteiger partial charge in [0.15, 0.2) is 6.20 Å². The minimum Gasteiger partial charge on any atom is -0.455 e. The number of aryl methyl sites for hydroxylation is 3. The summed E-state index contributed by atoms with van der Waals surface area (Å²) in [6.07, 6.45) is 2.20. The summed E-state index contributed by atoms with van der Waals surface area (Å²) in [5.41, 5.74) is 9.13. The van der Waals surface area contributed by atoms with Crippen LogP contribution < -0.4 is 4.57 Å². The molecule has 0 aliphatic rings. The summed E-state index contributed by atoms with van der Waals surface area (Å²) in [6.45, 7) is 4.26. The second-order valence-electron chi connectivity index (χ2n) is 7.51. The Balaban J connectivity index is 1.71. The van der Waals surface area contributed by atoms with Crippen LogP contribution in [-0.4, -0.2) is 0 Å². The van der Waals surface area contributed by atoms with E-state index < -0.39 is 0 Å². The highest BCUT2D eigenvalue weighted by molar-refractivity contribution is 6.09. The van der Waals surface area contributed by atoms with Gasteiger partial charge in [0.2, 0.25) is 5.69 Å². The Labute approximate surface area is 164 Å². The first-order chi connectivity index (χ1) is 13.6. The van der Waals surface area contributed by atoms with E-state index in [9.17, 15) is 0 Å². The highest BCUT2D eigenvalue weighted by Gasteiger charge is 2.20. The lowest BCUT2D eigenvalue weighted by atomic mass is 9.99. The van der Waals surface area contributed by atoms with Crippen LogP contribution in [0, 0.1) is 13.8 Å². The van der Waals surface area contributed by atoms with Crippen LogP contribution in [-0.2, 0) is 7.05 Å². The summed E-state index contributed by atoms with van der Waals surface area (Å²) in [7, 11) is 2.11. The molecule has 0 bridgehead atoms. The van der Waals surface area contributed by atoms with Gasteiger partial charge in [0.25, 0.3) is 0 Å². The van der Waals surface area contributed by atoms with Crippen molar-refractivity contribution in [3.8, 4) is 22.4 Å². The first kappa shape index (κ1) is 16.8. The van der Waals surface area contributed by atoms with E-state index in [2.05, 4.69) is 92.3 Å². The number of hydrogen-bond acceptors (Lipinski definition) is 1. The number of fused-ring (bicyclic) bond motifs is 3. The standard InChI is InChI=1S/C26H22NO/c1-17-8-11-19(12-9-17)20-13-15-23(27(3)16-20)25-18(2)10-14-22-21-6-4-5-7-24(21)28-26(22)25/h4-16H,1-3H3/q+1. The number of hydrogen-bond donors (Lipinski definition) is 0. The largest absolute Gasteiger partial charge is 0.455 e. The zero-order valence-electron chi connectivity index (χ0n) is 16.4. The Bertz CT molecular complexity index is 1330. The van der Waals surface area contributed by atoms with Crippen LogP contribution in [0.2, 0.25) is 0 Å². The van der Waals surface area contributed by atoms with Crippen LogP contribution in [0.4, 0.5) is 0 Å². The number of para-hydroxylation sites is 1. The number of furan rings is 1. The fourth-order valence-corrected chi connectivity index (χ4v) is 3.99. The van der Waals surface area contributed by atoms with Gasteiger partial charge in [0, 0.05) is 22.4 Å². The number of nitrogens with zero attached hydrogens (tertiary/aromatic N) is 1. The lowest BCUT2D eigenvalue weighted by molar-refractivity contribution is -0.659. The van der Waals surface area contributed by atoms with Crippen molar-refractivity contribution in [2.24, 2.45) is 7.05 Å². The van der Waals surface area contributed by atoms with Gasteiger partial charge in [-0.1, -0.05) is 60.2 Å². The Hall–Kier alpha value is -3.39. The predicted molar refractivity (Wildman–Crippen MR) is 115 cm³/mol. The molecule has 28 heavy (non-hydrogen) atoms. The third-order valence-electron chi connectivity index (χ3n) is 5.53. The van der Waals surface area contributed by atoms with Gasteiger partial charge in [0.05, 0.1) is 5.56 Å². The molecule has 3 aromatic carbocycles. The molecule has 0 atom stereocenters. The van der Waals surface area contributed by atoms with Crippen LogP contribution in [0.25, 0.3) is 44.3 Å². The number of aromatic nitrogens is 1. The predicted octanol–water partition coefficient (Wildman–Crippen LogP) is 6.36. The minimum atomic E-state index is 0.934. The van der Waals surface area contributed by atoms with Gasteiger partial charge in [-0.05, 0) is 37.1 Å². The van der Waals surface area contributed by atoms with E-state index in [1.807, 2.05) is 12.1 Å². The van der Waals surface area contributed by atoms with Gasteiger partial charge in [0.1, 0.15) is 18.2 Å². The molecule has 5 aromatic rings. The molecular formula is C26H22NO+. The first-order valence-electron chi connectivity index (χ1n) is 9.60. The van der Waals surface area contributed by atoms with Crippen LogP contribution in [0.1, 0.15) is 11.1 Å². The quantitative estimate of drug-likeness (QED) is 0.333. The molecule has 0 radical (unpaired) electrons. The van der Waals surface area contributed by atoms with E-state index in [1.54, 1.807) is 0 Å². The molecule has 2 nitrogen and oxygen atoms in total. The monoisotopic (exact) mass is 364 g/mol. The second-order valence-corrected chi connectivity index (χ2v) is 7.51. The van der Waals surface area contributed by atoms with E-state index >= 15 is 0 Å². The van der Waals surface area contributed by atoms with Crippen molar-refractivity contribution >= 4 is 21.9 Å². The molecule has 0 unspecified atom stereocenters. The first-order valence-corrected chi connectivity index (χ1v) is 9.60. The van der Waals surface area contributed by atoms with E-state index in [0.717, 1.165) is 27.8 Å². The summed E-state index contributed by atoms with van der Waals surface area (Å²) in [5, 5.41) is 2.33. The van der Waals surface area contributed by atoms with E-state index in [0.29, 0.717) is 0 Å². The van der Waals surface area contributed by atoms with Crippen molar-refractivity contribution in [1.29, 1.82) is 0 Å². The molecule has 0 aliphatic heterocycles. The Morgan fingerprint density at radius 3 is 2.25 bits per heavy atom. The molecule has 136 valence electrons. The SMILES string of the molecule is Cc1ccc(-c2ccc(-c3c(C)ccc4c3oc3ccccc34)[n+](C)c2)cc1. The Kier molecular flexibility index (Phi) is 3.80. The maximum atomic E-state index is 6.29. The summed E-state index contributed by atoms with van der Waals surface area (Å²) in [4.78, 5) is 0. The van der Waals surface area contributed by atoms with Crippen molar-refractivity contribution in [3.63, 3.8) is 0 Å². The minimum absolute atomic E-state index is 0.934. The van der Waals surface area contributed by atoms with Gasteiger partial charge >= 0.3 is 0 Å². The van der Waals surface area contributed by atoms with Crippen molar-refractivity contribution in [2.75, 3.05) is 0 Å². The van der Waals surface area contributed by atoms with Crippen molar-refractivity contribution < 1.29 is 8.98 Å². The maximum absolute atomic E-state index is 6.29. The zero-order chi connectivity index (χ0) is 19.3. The van der Waals surface area contributed by atoms with Gasteiger partial charge in [-0.2, -0.15) is 0 Å². The molecule has 2 heterocycles. The summed E-state index contributed by atoms with van der Waals surface area (Å²) in [5.74, 6) is 0. The normalized spacial score (nSPS) is 11.4. The molecule has 5 rings (SSSR count). The highest BCUT2D eigenvalue weighted by Crippen LogP contribution is 2.37. The van der Waals surface area contributed by atoms with Crippen LogP contribution in [0.5, 0.6) is 0 Å². The van der Waals surface area contributed by atoms with Crippen molar-refractivity contribution in [2.45, 2.75) is 13.8 Å². The number of rotatable bonds is 2. The Morgan fingerprint density at radius 2 is 1.46 bits per heavy atom. The molecule has 2 heteroatoms. The van der Waals surface area contributed by atoms with Crippen LogP contribution in [0.15, 0.2) is 83.4 Å². The van der Waals surface area contributed by atoms with Gasteiger partial charge in [-0.25, -0.2) is 4.57 Å². The average Bonchev–Trinajstić information content (AvgIpc) is 3.07. The van der Waals surface area contributed by atoms with Crippen molar-refractivity contribution in [1.82, 2.24) is 0 Å². The summed E-state index contributed by atoms with van der Waals surface area (Å²) >= 11 is 0. The lowest BCUT2D eigenvalue weighted by Crippen LogP contribution is -2.31. The van der Waals surface area contributed by atoms with Gasteiger partial charge < -0.3 is 4.42 Å².